The Bertz CT molecular complexity index is 650. The molecule has 1 N–H and O–H groups in total. The summed E-state index contributed by atoms with van der Waals surface area (Å²) in [5.74, 6) is 0.0722. The molecule has 0 bridgehead atoms. The first kappa shape index (κ1) is 25.0. The number of halogens is 2. The molecule has 0 radical (unpaired) electrons. The molecular formula is C19H25Cl2NO7. The van der Waals surface area contributed by atoms with E-state index >= 15 is 0 Å². The summed E-state index contributed by atoms with van der Waals surface area (Å²) in [6.07, 6.45) is -0.616. The van der Waals surface area contributed by atoms with Crippen LogP contribution in [0.1, 0.15) is 6.92 Å². The molecule has 8 nitrogen and oxygen atoms in total. The minimum atomic E-state index is -0.616. The van der Waals surface area contributed by atoms with Gasteiger partial charge in [-0.3, -0.25) is 0 Å². The minimum Gasteiger partial charge on any atom is -0.491 e. The predicted octanol–water partition coefficient (Wildman–Crippen LogP) is 3.25. The molecule has 0 aliphatic carbocycles. The van der Waals surface area contributed by atoms with Crippen molar-refractivity contribution in [2.24, 2.45) is 0 Å². The zero-order chi connectivity index (χ0) is 21.5. The quantitative estimate of drug-likeness (QED) is 0.264. The van der Waals surface area contributed by atoms with Gasteiger partial charge in [-0.1, -0.05) is 29.8 Å². The number of hydrogen-bond donors (Lipinski definition) is 1. The lowest BCUT2D eigenvalue weighted by Crippen LogP contribution is -2.29. The fourth-order valence-corrected chi connectivity index (χ4v) is 2.32. The van der Waals surface area contributed by atoms with Crippen molar-refractivity contribution < 1.29 is 33.3 Å². The number of esters is 1. The molecule has 1 aromatic rings. The summed E-state index contributed by atoms with van der Waals surface area (Å²) < 4.78 is 25.8. The van der Waals surface area contributed by atoms with Gasteiger partial charge in [0.05, 0.1) is 33.0 Å². The molecule has 0 heterocycles. The Labute approximate surface area is 180 Å². The highest BCUT2D eigenvalue weighted by Gasteiger charge is 2.04. The number of amides is 1. The van der Waals surface area contributed by atoms with Crippen LogP contribution in [0.15, 0.2) is 30.4 Å². The highest BCUT2D eigenvalue weighted by atomic mass is 35.5. The number of carbonyl (C=O) groups excluding carboxylic acids is 2. The van der Waals surface area contributed by atoms with Gasteiger partial charge in [0.15, 0.2) is 0 Å². The van der Waals surface area contributed by atoms with Crippen molar-refractivity contribution in [3.05, 3.63) is 40.4 Å². The molecule has 10 heteroatoms. The standard InChI is InChI=1S/C19H25Cl2NO7/c1-14(2)18(23)28-4-3-22-19(24)29-10-8-26-6-5-25-7-9-27-17-12-15(20)11-16(21)13-17/h11-13H,1,3-10H2,2H3,(H,22,24). The Kier molecular flexibility index (Phi) is 12.9. The first-order chi connectivity index (χ1) is 13.9. The lowest BCUT2D eigenvalue weighted by molar-refractivity contribution is -0.138. The summed E-state index contributed by atoms with van der Waals surface area (Å²) in [5, 5.41) is 3.45. The topological polar surface area (TPSA) is 92.3 Å². The largest absolute Gasteiger partial charge is 0.491 e. The number of rotatable bonds is 14. The van der Waals surface area contributed by atoms with Gasteiger partial charge < -0.3 is 29.0 Å². The second-order valence-electron chi connectivity index (χ2n) is 5.66. The monoisotopic (exact) mass is 449 g/mol. The van der Waals surface area contributed by atoms with E-state index in [9.17, 15) is 9.59 Å². The molecule has 0 saturated carbocycles. The van der Waals surface area contributed by atoms with Gasteiger partial charge in [0.1, 0.15) is 25.6 Å². The summed E-state index contributed by atoms with van der Waals surface area (Å²) >= 11 is 11.8. The fraction of sp³-hybridized carbons (Fsp3) is 0.474. The Morgan fingerprint density at radius 1 is 0.897 bits per heavy atom. The second kappa shape index (κ2) is 14.9. The maximum Gasteiger partial charge on any atom is 0.407 e. The molecule has 0 saturated heterocycles. The van der Waals surface area contributed by atoms with Gasteiger partial charge >= 0.3 is 12.1 Å². The summed E-state index contributed by atoms with van der Waals surface area (Å²) in [7, 11) is 0. The van der Waals surface area contributed by atoms with Gasteiger partial charge in [0.2, 0.25) is 0 Å². The van der Waals surface area contributed by atoms with Crippen LogP contribution in [-0.4, -0.2) is 64.9 Å². The fourth-order valence-electron chi connectivity index (χ4n) is 1.82. The average molecular weight is 450 g/mol. The number of alkyl carbamates (subject to hydrolysis) is 1. The molecule has 1 rings (SSSR count). The van der Waals surface area contributed by atoms with E-state index in [1.165, 1.54) is 0 Å². The molecule has 0 atom stereocenters. The van der Waals surface area contributed by atoms with Crippen molar-refractivity contribution in [3.63, 3.8) is 0 Å². The molecule has 29 heavy (non-hydrogen) atoms. The highest BCUT2D eigenvalue weighted by molar-refractivity contribution is 6.34. The summed E-state index contributed by atoms with van der Waals surface area (Å²) in [6, 6.07) is 4.96. The molecule has 0 aliphatic heterocycles. The van der Waals surface area contributed by atoms with Crippen LogP contribution in [0.3, 0.4) is 0 Å². The maximum absolute atomic E-state index is 11.4. The summed E-state index contributed by atoms with van der Waals surface area (Å²) in [6.45, 7) is 6.97. The van der Waals surface area contributed by atoms with E-state index < -0.39 is 12.1 Å². The molecule has 0 spiro atoms. The minimum absolute atomic E-state index is 0.0443. The molecule has 1 amide bonds. The van der Waals surface area contributed by atoms with E-state index in [4.69, 9.17) is 46.9 Å². The SMILES string of the molecule is C=C(C)C(=O)OCCNC(=O)OCCOCCOCCOc1cc(Cl)cc(Cl)c1. The normalized spacial score (nSPS) is 10.3. The molecule has 0 fully saturated rings. The maximum atomic E-state index is 11.4. The van der Waals surface area contributed by atoms with Crippen LogP contribution < -0.4 is 10.1 Å². The number of ether oxygens (including phenoxy) is 5. The van der Waals surface area contributed by atoms with E-state index in [1.54, 1.807) is 25.1 Å². The predicted molar refractivity (Wildman–Crippen MR) is 109 cm³/mol. The zero-order valence-corrected chi connectivity index (χ0v) is 17.7. The second-order valence-corrected chi connectivity index (χ2v) is 6.53. The van der Waals surface area contributed by atoms with Gasteiger partial charge in [0.25, 0.3) is 0 Å². The van der Waals surface area contributed by atoms with Gasteiger partial charge in [-0.25, -0.2) is 9.59 Å². The lowest BCUT2D eigenvalue weighted by Gasteiger charge is -2.09. The van der Waals surface area contributed by atoms with Crippen molar-refractivity contribution in [2.75, 3.05) is 52.8 Å². The van der Waals surface area contributed by atoms with Crippen LogP contribution in [0.5, 0.6) is 5.75 Å². The molecule has 0 aromatic heterocycles. The van der Waals surface area contributed by atoms with Crippen LogP contribution in [0.25, 0.3) is 0 Å². The van der Waals surface area contributed by atoms with E-state index in [-0.39, 0.29) is 26.4 Å². The van der Waals surface area contributed by atoms with Crippen LogP contribution in [-0.2, 0) is 23.7 Å². The van der Waals surface area contributed by atoms with Gasteiger partial charge in [0, 0.05) is 15.6 Å². The Hall–Kier alpha value is -2.00. The number of benzene rings is 1. The van der Waals surface area contributed by atoms with Crippen molar-refractivity contribution in [1.82, 2.24) is 5.32 Å². The van der Waals surface area contributed by atoms with Gasteiger partial charge in [-0.05, 0) is 25.1 Å². The molecule has 0 unspecified atom stereocenters. The van der Waals surface area contributed by atoms with E-state index in [0.717, 1.165) is 0 Å². The van der Waals surface area contributed by atoms with Crippen molar-refractivity contribution in [1.29, 1.82) is 0 Å². The average Bonchev–Trinajstić information content (AvgIpc) is 2.65. The summed E-state index contributed by atoms with van der Waals surface area (Å²) in [4.78, 5) is 22.5. The van der Waals surface area contributed by atoms with Gasteiger partial charge in [-0.15, -0.1) is 0 Å². The van der Waals surface area contributed by atoms with E-state index in [0.29, 0.717) is 47.8 Å². The Morgan fingerprint density at radius 3 is 2.10 bits per heavy atom. The van der Waals surface area contributed by atoms with Crippen LogP contribution in [0.4, 0.5) is 4.79 Å². The lowest BCUT2D eigenvalue weighted by atomic mass is 10.3. The molecule has 1 aromatic carbocycles. The van der Waals surface area contributed by atoms with Crippen LogP contribution >= 0.6 is 23.2 Å². The molecule has 0 aliphatic rings. The Balaban J connectivity index is 1.90. The third kappa shape index (κ3) is 13.0. The number of nitrogens with one attached hydrogen (secondary N) is 1. The van der Waals surface area contributed by atoms with Crippen molar-refractivity contribution in [3.8, 4) is 5.75 Å². The number of carbonyl (C=O) groups is 2. The molecular weight excluding hydrogens is 425 g/mol. The van der Waals surface area contributed by atoms with Crippen molar-refractivity contribution in [2.45, 2.75) is 6.92 Å². The summed E-state index contributed by atoms with van der Waals surface area (Å²) in [5.41, 5.74) is 0.298. The van der Waals surface area contributed by atoms with Crippen LogP contribution in [0, 0.1) is 0 Å². The Morgan fingerprint density at radius 2 is 1.48 bits per heavy atom. The smallest absolute Gasteiger partial charge is 0.407 e. The van der Waals surface area contributed by atoms with E-state index in [2.05, 4.69) is 11.9 Å². The van der Waals surface area contributed by atoms with E-state index in [1.807, 2.05) is 0 Å². The third-order valence-electron chi connectivity index (χ3n) is 3.12. The third-order valence-corrected chi connectivity index (χ3v) is 3.55. The highest BCUT2D eigenvalue weighted by Crippen LogP contribution is 2.23. The number of hydrogen-bond acceptors (Lipinski definition) is 7. The first-order valence-corrected chi connectivity index (χ1v) is 9.61. The van der Waals surface area contributed by atoms with Gasteiger partial charge in [-0.2, -0.15) is 0 Å². The first-order valence-electron chi connectivity index (χ1n) is 8.86. The zero-order valence-electron chi connectivity index (χ0n) is 16.2. The van der Waals surface area contributed by atoms with Crippen LogP contribution in [0.2, 0.25) is 10.0 Å². The molecule has 162 valence electrons. The van der Waals surface area contributed by atoms with Crippen molar-refractivity contribution >= 4 is 35.3 Å².